The second-order valence-electron chi connectivity index (χ2n) is 5.39. The first-order valence-electron chi connectivity index (χ1n) is 7.19. The molecule has 0 aliphatic carbocycles. The molecule has 1 aromatic heterocycles. The van der Waals surface area contributed by atoms with E-state index in [-0.39, 0.29) is 5.91 Å². The molecule has 0 unspecified atom stereocenters. The molecule has 1 fully saturated rings. The number of methoxy groups -OCH3 is 1. The van der Waals surface area contributed by atoms with Gasteiger partial charge in [-0.05, 0) is 25.7 Å². The Morgan fingerprint density at radius 2 is 2.14 bits per heavy atom. The summed E-state index contributed by atoms with van der Waals surface area (Å²) in [6, 6.07) is -0.553. The molecule has 0 spiro atoms. The molecule has 1 saturated heterocycles. The molecule has 2 heterocycles. The Bertz CT molecular complexity index is 467. The van der Waals surface area contributed by atoms with E-state index in [2.05, 4.69) is 19.6 Å². The molecule has 1 aliphatic rings. The number of alkyl carbamates (subject to hydrolysis) is 1. The van der Waals surface area contributed by atoms with Gasteiger partial charge in [-0.25, -0.2) is 9.78 Å². The second-order valence-corrected chi connectivity index (χ2v) is 5.39. The van der Waals surface area contributed by atoms with Crippen LogP contribution in [0.15, 0.2) is 18.7 Å². The Hall–Kier alpha value is -2.05. The molecule has 0 aromatic carbocycles. The first-order valence-corrected chi connectivity index (χ1v) is 7.19. The fourth-order valence-corrected chi connectivity index (χ4v) is 2.60. The molecular formula is C14H22N4O3. The first-order chi connectivity index (χ1) is 10.1. The highest BCUT2D eigenvalue weighted by atomic mass is 16.5. The van der Waals surface area contributed by atoms with Crippen molar-refractivity contribution in [2.45, 2.75) is 32.4 Å². The van der Waals surface area contributed by atoms with Gasteiger partial charge in [-0.2, -0.15) is 0 Å². The molecule has 0 saturated carbocycles. The predicted molar refractivity (Wildman–Crippen MR) is 76.5 cm³/mol. The Morgan fingerprint density at radius 3 is 2.71 bits per heavy atom. The minimum absolute atomic E-state index is 0.0542. The third kappa shape index (κ3) is 4.21. The van der Waals surface area contributed by atoms with E-state index >= 15 is 0 Å². The lowest BCUT2D eigenvalue weighted by molar-refractivity contribution is -0.134. The zero-order valence-electron chi connectivity index (χ0n) is 12.5. The molecule has 1 aliphatic heterocycles. The van der Waals surface area contributed by atoms with Gasteiger partial charge in [-0.3, -0.25) is 4.79 Å². The van der Waals surface area contributed by atoms with Crippen LogP contribution in [0.5, 0.6) is 0 Å². The fraction of sp³-hybridized carbons (Fsp3) is 0.643. The molecular weight excluding hydrogens is 272 g/mol. The lowest BCUT2D eigenvalue weighted by atomic mass is 9.96. The summed E-state index contributed by atoms with van der Waals surface area (Å²) in [5.41, 5.74) is 0. The van der Waals surface area contributed by atoms with Gasteiger partial charge in [0.2, 0.25) is 5.91 Å². The maximum absolute atomic E-state index is 12.2. The largest absolute Gasteiger partial charge is 0.453 e. The summed E-state index contributed by atoms with van der Waals surface area (Å²) in [5.74, 6) is 0.508. The quantitative estimate of drug-likeness (QED) is 0.894. The fourth-order valence-electron chi connectivity index (χ4n) is 2.60. The van der Waals surface area contributed by atoms with Crippen molar-refractivity contribution < 1.29 is 14.3 Å². The normalized spacial score (nSPS) is 17.3. The Balaban J connectivity index is 1.77. The van der Waals surface area contributed by atoms with Crippen LogP contribution in [0.2, 0.25) is 0 Å². The zero-order valence-corrected chi connectivity index (χ0v) is 12.5. The van der Waals surface area contributed by atoms with Gasteiger partial charge in [0.15, 0.2) is 0 Å². The number of nitrogens with one attached hydrogen (secondary N) is 1. The Labute approximate surface area is 124 Å². The standard InChI is InChI=1S/C14H22N4O3/c1-11(16-14(20)21-2)13(19)18-6-3-12(4-7-18)9-17-8-5-15-10-17/h5,8,10-12H,3-4,6-7,9H2,1-2H3,(H,16,20)/t11-/m0/s1. The number of carbonyl (C=O) groups excluding carboxylic acids is 2. The van der Waals surface area contributed by atoms with E-state index in [1.807, 2.05) is 17.4 Å². The first kappa shape index (κ1) is 15.3. The molecule has 1 N–H and O–H groups in total. The van der Waals surface area contributed by atoms with Crippen molar-refractivity contribution in [2.24, 2.45) is 5.92 Å². The minimum Gasteiger partial charge on any atom is -0.453 e. The molecule has 0 radical (unpaired) electrons. The molecule has 21 heavy (non-hydrogen) atoms. The van der Waals surface area contributed by atoms with E-state index in [1.165, 1.54) is 7.11 Å². The average Bonchev–Trinajstić information content (AvgIpc) is 3.00. The third-order valence-electron chi connectivity index (χ3n) is 3.84. The number of hydrogen-bond donors (Lipinski definition) is 1. The zero-order chi connectivity index (χ0) is 15.2. The van der Waals surface area contributed by atoms with Gasteiger partial charge < -0.3 is 19.5 Å². The summed E-state index contributed by atoms with van der Waals surface area (Å²) >= 11 is 0. The summed E-state index contributed by atoms with van der Waals surface area (Å²) in [6.07, 6.45) is 6.91. The number of ether oxygens (including phenoxy) is 1. The van der Waals surface area contributed by atoms with E-state index in [9.17, 15) is 9.59 Å². The highest BCUT2D eigenvalue weighted by Crippen LogP contribution is 2.19. The van der Waals surface area contributed by atoms with Crippen molar-refractivity contribution in [1.29, 1.82) is 0 Å². The van der Waals surface area contributed by atoms with Gasteiger partial charge in [0.25, 0.3) is 0 Å². The van der Waals surface area contributed by atoms with Gasteiger partial charge in [0.05, 0.1) is 13.4 Å². The molecule has 7 nitrogen and oxygen atoms in total. The number of likely N-dealkylation sites (tertiary alicyclic amines) is 1. The molecule has 7 heteroatoms. The van der Waals surface area contributed by atoms with Gasteiger partial charge in [-0.15, -0.1) is 0 Å². The lowest BCUT2D eigenvalue weighted by Crippen LogP contribution is -2.49. The van der Waals surface area contributed by atoms with Gasteiger partial charge in [0, 0.05) is 32.0 Å². The van der Waals surface area contributed by atoms with Crippen molar-refractivity contribution in [3.05, 3.63) is 18.7 Å². The SMILES string of the molecule is COC(=O)N[C@@H](C)C(=O)N1CCC(Cn2ccnc2)CC1. The summed E-state index contributed by atoms with van der Waals surface area (Å²) in [6.45, 7) is 4.08. The van der Waals surface area contributed by atoms with Crippen LogP contribution in [-0.2, 0) is 16.1 Å². The van der Waals surface area contributed by atoms with E-state index < -0.39 is 12.1 Å². The van der Waals surface area contributed by atoms with Crippen LogP contribution >= 0.6 is 0 Å². The van der Waals surface area contributed by atoms with E-state index in [0.717, 1.165) is 32.5 Å². The van der Waals surface area contributed by atoms with Crippen molar-refractivity contribution in [1.82, 2.24) is 19.8 Å². The highest BCUT2D eigenvalue weighted by Gasteiger charge is 2.27. The second kappa shape index (κ2) is 7.10. The maximum Gasteiger partial charge on any atom is 0.407 e. The molecule has 0 bridgehead atoms. The Morgan fingerprint density at radius 1 is 1.43 bits per heavy atom. The molecule has 2 amide bonds. The number of imidazole rings is 1. The van der Waals surface area contributed by atoms with Crippen LogP contribution in [0.3, 0.4) is 0 Å². The van der Waals surface area contributed by atoms with Crippen molar-refractivity contribution >= 4 is 12.0 Å². The van der Waals surface area contributed by atoms with Gasteiger partial charge in [-0.1, -0.05) is 0 Å². The maximum atomic E-state index is 12.2. The van der Waals surface area contributed by atoms with Crippen molar-refractivity contribution in [3.8, 4) is 0 Å². The van der Waals surface area contributed by atoms with Crippen LogP contribution in [0, 0.1) is 5.92 Å². The number of hydrogen-bond acceptors (Lipinski definition) is 4. The van der Waals surface area contributed by atoms with Crippen LogP contribution in [0.25, 0.3) is 0 Å². The molecule has 116 valence electrons. The third-order valence-corrected chi connectivity index (χ3v) is 3.84. The van der Waals surface area contributed by atoms with E-state index in [1.54, 1.807) is 13.1 Å². The van der Waals surface area contributed by atoms with Gasteiger partial charge >= 0.3 is 6.09 Å². The van der Waals surface area contributed by atoms with E-state index in [0.29, 0.717) is 5.92 Å². The molecule has 1 aromatic rings. The number of nitrogens with zero attached hydrogens (tertiary/aromatic N) is 3. The number of rotatable bonds is 4. The summed E-state index contributed by atoms with van der Waals surface area (Å²) in [4.78, 5) is 29.2. The number of piperidine rings is 1. The Kier molecular flexibility index (Phi) is 5.19. The monoisotopic (exact) mass is 294 g/mol. The summed E-state index contributed by atoms with van der Waals surface area (Å²) in [7, 11) is 1.29. The van der Waals surface area contributed by atoms with Crippen molar-refractivity contribution in [3.63, 3.8) is 0 Å². The number of aromatic nitrogens is 2. The average molecular weight is 294 g/mol. The topological polar surface area (TPSA) is 76.5 Å². The minimum atomic E-state index is -0.578. The van der Waals surface area contributed by atoms with Crippen LogP contribution in [0.4, 0.5) is 4.79 Å². The number of carbonyl (C=O) groups is 2. The van der Waals surface area contributed by atoms with E-state index in [4.69, 9.17) is 0 Å². The molecule has 2 rings (SSSR count). The number of amides is 2. The summed E-state index contributed by atoms with van der Waals surface area (Å²) in [5, 5.41) is 2.51. The molecule has 1 atom stereocenters. The van der Waals surface area contributed by atoms with Crippen molar-refractivity contribution in [2.75, 3.05) is 20.2 Å². The van der Waals surface area contributed by atoms with Crippen LogP contribution in [-0.4, -0.2) is 52.7 Å². The van der Waals surface area contributed by atoms with Crippen LogP contribution in [0.1, 0.15) is 19.8 Å². The highest BCUT2D eigenvalue weighted by molar-refractivity contribution is 5.85. The smallest absolute Gasteiger partial charge is 0.407 e. The lowest BCUT2D eigenvalue weighted by Gasteiger charge is -2.33. The van der Waals surface area contributed by atoms with Crippen LogP contribution < -0.4 is 5.32 Å². The predicted octanol–water partition coefficient (Wildman–Crippen LogP) is 0.866. The summed E-state index contributed by atoms with van der Waals surface area (Å²) < 4.78 is 6.58. The van der Waals surface area contributed by atoms with Gasteiger partial charge in [0.1, 0.15) is 6.04 Å².